The van der Waals surface area contributed by atoms with Crippen molar-refractivity contribution in [2.24, 2.45) is 0 Å². The molecular formula is C22H20N4O4. The van der Waals surface area contributed by atoms with Crippen molar-refractivity contribution < 1.29 is 18.7 Å². The molecule has 30 heavy (non-hydrogen) atoms. The van der Waals surface area contributed by atoms with Crippen LogP contribution in [0.2, 0.25) is 0 Å². The zero-order valence-corrected chi connectivity index (χ0v) is 16.6. The van der Waals surface area contributed by atoms with Crippen LogP contribution in [-0.2, 0) is 17.9 Å². The van der Waals surface area contributed by atoms with Gasteiger partial charge in [0.25, 0.3) is 5.89 Å². The number of imidazole rings is 1. The van der Waals surface area contributed by atoms with Gasteiger partial charge in [0.05, 0.1) is 39.4 Å². The number of aromatic nitrogens is 4. The molecule has 1 unspecified atom stereocenters. The molecule has 0 amide bonds. The maximum Gasteiger partial charge on any atom is 0.278 e. The second-order valence-electron chi connectivity index (χ2n) is 6.92. The van der Waals surface area contributed by atoms with Crippen molar-refractivity contribution in [2.45, 2.75) is 19.3 Å². The van der Waals surface area contributed by atoms with Crippen LogP contribution < -0.4 is 9.47 Å². The van der Waals surface area contributed by atoms with Crippen LogP contribution in [0.25, 0.3) is 23.0 Å². The van der Waals surface area contributed by atoms with Crippen LogP contribution in [0.1, 0.15) is 17.4 Å². The molecule has 8 heteroatoms. The molecule has 1 aliphatic rings. The van der Waals surface area contributed by atoms with E-state index in [1.165, 1.54) is 0 Å². The number of nitrogens with zero attached hydrogens (tertiary/aromatic N) is 4. The second kappa shape index (κ2) is 7.64. The van der Waals surface area contributed by atoms with Crippen molar-refractivity contribution in [3.8, 4) is 34.5 Å². The predicted octanol–water partition coefficient (Wildman–Crippen LogP) is 3.89. The Kier molecular flexibility index (Phi) is 4.68. The van der Waals surface area contributed by atoms with E-state index in [1.54, 1.807) is 20.5 Å². The quantitative estimate of drug-likeness (QED) is 0.499. The van der Waals surface area contributed by atoms with Gasteiger partial charge >= 0.3 is 0 Å². The molecule has 1 atom stereocenters. The topological polar surface area (TPSA) is 84.4 Å². The van der Waals surface area contributed by atoms with Crippen molar-refractivity contribution in [1.82, 2.24) is 19.7 Å². The van der Waals surface area contributed by atoms with Crippen molar-refractivity contribution in [1.29, 1.82) is 0 Å². The average Bonchev–Trinajstić information content (AvgIpc) is 3.46. The van der Waals surface area contributed by atoms with Gasteiger partial charge in [-0.3, -0.25) is 0 Å². The second-order valence-corrected chi connectivity index (χ2v) is 6.92. The fourth-order valence-electron chi connectivity index (χ4n) is 3.50. The number of methoxy groups -OCH3 is 2. The van der Waals surface area contributed by atoms with E-state index in [0.717, 1.165) is 28.3 Å². The van der Waals surface area contributed by atoms with E-state index < -0.39 is 0 Å². The lowest BCUT2D eigenvalue weighted by atomic mass is 10.1. The molecule has 0 aliphatic carbocycles. The molecule has 8 nitrogen and oxygen atoms in total. The Morgan fingerprint density at radius 3 is 2.37 bits per heavy atom. The van der Waals surface area contributed by atoms with Crippen LogP contribution in [0.4, 0.5) is 0 Å². The normalized spacial score (nSPS) is 15.6. The summed E-state index contributed by atoms with van der Waals surface area (Å²) in [5, 5.41) is 4.10. The number of rotatable bonds is 5. The van der Waals surface area contributed by atoms with Gasteiger partial charge in [0.15, 0.2) is 5.69 Å². The summed E-state index contributed by atoms with van der Waals surface area (Å²) in [5.41, 5.74) is 3.51. The Balaban J connectivity index is 1.37. The Morgan fingerprint density at radius 2 is 1.67 bits per heavy atom. The lowest BCUT2D eigenvalue weighted by Crippen LogP contribution is -2.20. The number of fused-ring (bicyclic) bond motifs is 1. The van der Waals surface area contributed by atoms with Gasteiger partial charge in [0, 0.05) is 5.56 Å². The molecule has 2 aromatic heterocycles. The molecule has 0 N–H and O–H groups in total. The highest BCUT2D eigenvalue weighted by atomic mass is 16.5. The first-order valence-corrected chi connectivity index (χ1v) is 9.53. The molecule has 4 aromatic rings. The number of benzene rings is 2. The van der Waals surface area contributed by atoms with Crippen LogP contribution in [0.15, 0.2) is 59.4 Å². The highest BCUT2D eigenvalue weighted by molar-refractivity contribution is 5.59. The summed E-state index contributed by atoms with van der Waals surface area (Å²) in [4.78, 5) is 9.02. The van der Waals surface area contributed by atoms with E-state index in [4.69, 9.17) is 18.7 Å². The summed E-state index contributed by atoms with van der Waals surface area (Å²) in [5.74, 6) is 2.47. The van der Waals surface area contributed by atoms with Crippen molar-refractivity contribution >= 4 is 0 Å². The summed E-state index contributed by atoms with van der Waals surface area (Å²) in [6, 6.07) is 15.4. The SMILES string of the molecule is COc1ccc(-c2noc(-c3ncn4c3COC(c3ccc(OC)cc3)C4)n2)cc1. The summed E-state index contributed by atoms with van der Waals surface area (Å²) < 4.78 is 24.1. The van der Waals surface area contributed by atoms with Gasteiger partial charge in [-0.05, 0) is 42.0 Å². The van der Waals surface area contributed by atoms with E-state index in [-0.39, 0.29) is 6.10 Å². The maximum absolute atomic E-state index is 6.10. The Hall–Kier alpha value is -3.65. The van der Waals surface area contributed by atoms with Crippen molar-refractivity contribution in [2.75, 3.05) is 14.2 Å². The summed E-state index contributed by atoms with van der Waals surface area (Å²) >= 11 is 0. The van der Waals surface area contributed by atoms with E-state index in [9.17, 15) is 0 Å². The minimum Gasteiger partial charge on any atom is -0.497 e. The summed E-state index contributed by atoms with van der Waals surface area (Å²) in [6.45, 7) is 1.07. The molecule has 0 saturated heterocycles. The molecule has 0 fully saturated rings. The fraction of sp³-hybridized carbons (Fsp3) is 0.227. The Labute approximate surface area is 173 Å². The van der Waals surface area contributed by atoms with E-state index >= 15 is 0 Å². The van der Waals surface area contributed by atoms with E-state index in [2.05, 4.69) is 19.7 Å². The predicted molar refractivity (Wildman–Crippen MR) is 108 cm³/mol. The highest BCUT2D eigenvalue weighted by Crippen LogP contribution is 2.32. The smallest absolute Gasteiger partial charge is 0.278 e. The fourth-order valence-corrected chi connectivity index (χ4v) is 3.50. The Morgan fingerprint density at radius 1 is 0.967 bits per heavy atom. The van der Waals surface area contributed by atoms with E-state index in [0.29, 0.717) is 30.6 Å². The number of hydrogen-bond acceptors (Lipinski definition) is 7. The van der Waals surface area contributed by atoms with Gasteiger partial charge in [0.1, 0.15) is 17.6 Å². The molecule has 0 bridgehead atoms. The molecule has 0 spiro atoms. The molecule has 2 aromatic carbocycles. The van der Waals surface area contributed by atoms with Gasteiger partial charge in [-0.2, -0.15) is 4.98 Å². The van der Waals surface area contributed by atoms with Gasteiger partial charge < -0.3 is 23.3 Å². The minimum absolute atomic E-state index is 0.0528. The van der Waals surface area contributed by atoms with Crippen LogP contribution >= 0.6 is 0 Å². The zero-order valence-electron chi connectivity index (χ0n) is 16.6. The summed E-state index contributed by atoms with van der Waals surface area (Å²) in [6.07, 6.45) is 1.74. The standard InChI is InChI=1S/C22H20N4O4/c1-27-16-7-3-14(4-8-16)19-11-26-13-23-20(18(26)12-29-19)22-24-21(25-30-22)15-5-9-17(28-2)10-6-15/h3-10,13,19H,11-12H2,1-2H3. The number of hydrogen-bond donors (Lipinski definition) is 0. The molecule has 5 rings (SSSR count). The molecule has 0 saturated carbocycles. The molecule has 0 radical (unpaired) electrons. The minimum atomic E-state index is -0.0528. The lowest BCUT2D eigenvalue weighted by molar-refractivity contribution is 0.00328. The monoisotopic (exact) mass is 404 g/mol. The van der Waals surface area contributed by atoms with Crippen LogP contribution in [0.5, 0.6) is 11.5 Å². The van der Waals surface area contributed by atoms with Crippen molar-refractivity contribution in [3.63, 3.8) is 0 Å². The third kappa shape index (κ3) is 3.31. The van der Waals surface area contributed by atoms with Crippen LogP contribution in [0, 0.1) is 0 Å². The van der Waals surface area contributed by atoms with E-state index in [1.807, 2.05) is 48.5 Å². The third-order valence-corrected chi connectivity index (χ3v) is 5.19. The largest absolute Gasteiger partial charge is 0.497 e. The highest BCUT2D eigenvalue weighted by Gasteiger charge is 2.26. The molecule has 3 heterocycles. The van der Waals surface area contributed by atoms with Crippen LogP contribution in [-0.4, -0.2) is 33.9 Å². The maximum atomic E-state index is 6.10. The van der Waals surface area contributed by atoms with Gasteiger partial charge in [-0.15, -0.1) is 0 Å². The molecule has 1 aliphatic heterocycles. The lowest BCUT2D eigenvalue weighted by Gasteiger charge is -2.25. The van der Waals surface area contributed by atoms with Crippen molar-refractivity contribution in [3.05, 3.63) is 66.1 Å². The zero-order chi connectivity index (χ0) is 20.5. The van der Waals surface area contributed by atoms with Gasteiger partial charge in [0.2, 0.25) is 5.82 Å². The summed E-state index contributed by atoms with van der Waals surface area (Å²) in [7, 11) is 3.29. The average molecular weight is 404 g/mol. The molecule has 152 valence electrons. The van der Waals surface area contributed by atoms with Gasteiger partial charge in [-0.25, -0.2) is 4.98 Å². The Bertz CT molecular complexity index is 1150. The third-order valence-electron chi connectivity index (χ3n) is 5.19. The van der Waals surface area contributed by atoms with Gasteiger partial charge in [-0.1, -0.05) is 17.3 Å². The first-order chi connectivity index (χ1) is 14.7. The van der Waals surface area contributed by atoms with Crippen LogP contribution in [0.3, 0.4) is 0 Å². The number of ether oxygens (including phenoxy) is 3. The first kappa shape index (κ1) is 18.4. The first-order valence-electron chi connectivity index (χ1n) is 9.53. The molecular weight excluding hydrogens is 384 g/mol.